The van der Waals surface area contributed by atoms with Gasteiger partial charge in [0, 0.05) is 23.3 Å². The van der Waals surface area contributed by atoms with Crippen LogP contribution in [-0.2, 0) is 29.2 Å². The maximum Gasteiger partial charge on any atom is 0.408 e. The number of halogens is 1. The number of nitrogens with zero attached hydrogens (tertiary/aromatic N) is 2. The molecular weight excluding hydrogens is 534 g/mol. The fraction of sp³-hybridized carbons (Fsp3) is 0.172. The molecule has 0 fully saturated rings. The van der Waals surface area contributed by atoms with Gasteiger partial charge in [-0.15, -0.1) is 0 Å². The number of hydrogen-bond donors (Lipinski definition) is 3. The highest BCUT2D eigenvalue weighted by molar-refractivity contribution is 6.30. The maximum atomic E-state index is 12.9. The summed E-state index contributed by atoms with van der Waals surface area (Å²) in [5.41, 5.74) is 5.58. The van der Waals surface area contributed by atoms with Gasteiger partial charge < -0.3 is 24.5 Å². The van der Waals surface area contributed by atoms with E-state index in [2.05, 4.69) is 25.8 Å². The Morgan fingerprint density at radius 2 is 1.80 bits per heavy atom. The average molecular weight is 562 g/mol. The van der Waals surface area contributed by atoms with Crippen molar-refractivity contribution in [2.24, 2.45) is 5.10 Å². The fourth-order valence-corrected chi connectivity index (χ4v) is 3.73. The molecule has 11 heteroatoms. The quantitative estimate of drug-likeness (QED) is 0.171. The Morgan fingerprint density at radius 1 is 1.02 bits per heavy atom. The first kappa shape index (κ1) is 28.2. The predicted octanol–water partition coefficient (Wildman–Crippen LogP) is 4.64. The van der Waals surface area contributed by atoms with Gasteiger partial charge in [-0.1, -0.05) is 54.1 Å². The summed E-state index contributed by atoms with van der Waals surface area (Å²) in [7, 11) is 1.54. The average Bonchev–Trinajstić information content (AvgIpc) is 3.49. The summed E-state index contributed by atoms with van der Waals surface area (Å²) in [5.74, 6) is 0.526. The van der Waals surface area contributed by atoms with Gasteiger partial charge in [0.25, 0.3) is 5.91 Å². The Morgan fingerprint density at radius 3 is 2.52 bits per heavy atom. The summed E-state index contributed by atoms with van der Waals surface area (Å²) in [6.07, 6.45) is 3.96. The van der Waals surface area contributed by atoms with Crippen LogP contribution in [0.2, 0.25) is 5.02 Å². The smallest absolute Gasteiger partial charge is 0.408 e. The van der Waals surface area contributed by atoms with E-state index < -0.39 is 18.0 Å². The van der Waals surface area contributed by atoms with E-state index in [1.807, 2.05) is 42.5 Å². The van der Waals surface area contributed by atoms with Crippen molar-refractivity contribution in [2.75, 3.05) is 7.11 Å². The number of benzene rings is 3. The van der Waals surface area contributed by atoms with E-state index in [9.17, 15) is 9.59 Å². The zero-order chi connectivity index (χ0) is 28.2. The van der Waals surface area contributed by atoms with Gasteiger partial charge in [-0.25, -0.2) is 15.2 Å². The van der Waals surface area contributed by atoms with Crippen molar-refractivity contribution in [1.29, 1.82) is 0 Å². The van der Waals surface area contributed by atoms with Crippen LogP contribution in [0.3, 0.4) is 0 Å². The molecule has 0 aliphatic rings. The van der Waals surface area contributed by atoms with E-state index in [4.69, 9.17) is 25.8 Å². The zero-order valence-electron chi connectivity index (χ0n) is 21.7. The number of imidazole rings is 1. The number of aromatic nitrogens is 2. The third-order valence-corrected chi connectivity index (χ3v) is 5.94. The molecule has 0 aliphatic heterocycles. The molecule has 3 N–H and O–H groups in total. The van der Waals surface area contributed by atoms with Crippen LogP contribution in [0.25, 0.3) is 0 Å². The van der Waals surface area contributed by atoms with Crippen LogP contribution in [0.15, 0.2) is 90.4 Å². The lowest BCUT2D eigenvalue weighted by atomic mass is 10.1. The minimum atomic E-state index is -0.959. The number of hydrogen-bond acceptors (Lipinski definition) is 7. The molecule has 4 aromatic rings. The second-order valence-corrected chi connectivity index (χ2v) is 9.04. The van der Waals surface area contributed by atoms with Gasteiger partial charge in [0.15, 0.2) is 11.5 Å². The number of methoxy groups -OCH3 is 1. The molecule has 206 valence electrons. The first-order chi connectivity index (χ1) is 19.5. The van der Waals surface area contributed by atoms with E-state index in [1.54, 1.807) is 36.5 Å². The van der Waals surface area contributed by atoms with Crippen LogP contribution in [0.1, 0.15) is 22.4 Å². The number of carbonyl (C=O) groups is 2. The first-order valence-electron chi connectivity index (χ1n) is 12.3. The highest BCUT2D eigenvalue weighted by Crippen LogP contribution is 2.28. The monoisotopic (exact) mass is 561 g/mol. The van der Waals surface area contributed by atoms with Crippen molar-refractivity contribution in [3.8, 4) is 11.5 Å². The molecule has 0 bridgehead atoms. The van der Waals surface area contributed by atoms with Gasteiger partial charge in [-0.05, 0) is 47.0 Å². The summed E-state index contributed by atoms with van der Waals surface area (Å²) < 4.78 is 16.6. The summed E-state index contributed by atoms with van der Waals surface area (Å²) in [4.78, 5) is 32.2. The van der Waals surface area contributed by atoms with E-state index in [-0.39, 0.29) is 13.0 Å². The number of carbonyl (C=O) groups excluding carboxylic acids is 2. The zero-order valence-corrected chi connectivity index (χ0v) is 22.4. The third kappa shape index (κ3) is 8.60. The number of hydrazone groups is 1. The number of rotatable bonds is 12. The summed E-state index contributed by atoms with van der Waals surface area (Å²) in [6.45, 7) is 0.417. The molecular formula is C29H28ClN5O5. The van der Waals surface area contributed by atoms with Gasteiger partial charge in [0.2, 0.25) is 0 Å². The lowest BCUT2D eigenvalue weighted by molar-refractivity contribution is -0.123. The largest absolute Gasteiger partial charge is 0.493 e. The Balaban J connectivity index is 1.34. The first-order valence-corrected chi connectivity index (χ1v) is 12.7. The van der Waals surface area contributed by atoms with E-state index in [0.717, 1.165) is 11.1 Å². The molecule has 0 unspecified atom stereocenters. The Labute approximate surface area is 236 Å². The SMILES string of the molecule is COc1cc(/C=N\NC(=O)[C@H](Cc2cnc[nH]2)NC(=O)OCc2ccccc2)ccc1OCc1ccc(Cl)cc1. The Kier molecular flexibility index (Phi) is 10.1. The Hall–Kier alpha value is -4.83. The van der Waals surface area contributed by atoms with Crippen LogP contribution < -0.4 is 20.2 Å². The molecule has 0 saturated heterocycles. The molecule has 40 heavy (non-hydrogen) atoms. The van der Waals surface area contributed by atoms with Crippen molar-refractivity contribution >= 4 is 29.8 Å². The molecule has 10 nitrogen and oxygen atoms in total. The van der Waals surface area contributed by atoms with Crippen molar-refractivity contribution < 1.29 is 23.8 Å². The third-order valence-electron chi connectivity index (χ3n) is 5.68. The molecule has 0 aliphatic carbocycles. The normalized spacial score (nSPS) is 11.6. The molecule has 1 atom stereocenters. The van der Waals surface area contributed by atoms with E-state index in [0.29, 0.717) is 34.4 Å². The highest BCUT2D eigenvalue weighted by atomic mass is 35.5. The lowest BCUT2D eigenvalue weighted by Crippen LogP contribution is -2.47. The van der Waals surface area contributed by atoms with Gasteiger partial charge in [-0.2, -0.15) is 5.10 Å². The van der Waals surface area contributed by atoms with Gasteiger partial charge in [0.1, 0.15) is 19.3 Å². The summed E-state index contributed by atoms with van der Waals surface area (Å²) in [5, 5.41) is 7.30. The van der Waals surface area contributed by atoms with Crippen molar-refractivity contribution in [1.82, 2.24) is 20.7 Å². The Bertz CT molecular complexity index is 1410. The number of alkyl carbamates (subject to hydrolysis) is 1. The number of amides is 2. The second kappa shape index (κ2) is 14.4. The van der Waals surface area contributed by atoms with Crippen LogP contribution in [0.5, 0.6) is 11.5 Å². The predicted molar refractivity (Wildman–Crippen MR) is 150 cm³/mol. The van der Waals surface area contributed by atoms with Crippen molar-refractivity contribution in [2.45, 2.75) is 25.7 Å². The lowest BCUT2D eigenvalue weighted by Gasteiger charge is -2.16. The standard InChI is InChI=1S/C29H28ClN5O5/c1-38-27-13-22(9-12-26(27)39-17-21-7-10-23(30)11-8-21)15-33-35-28(36)25(14-24-16-31-19-32-24)34-29(37)40-18-20-5-3-2-4-6-20/h2-13,15-16,19,25H,14,17-18H2,1H3,(H,31,32)(H,34,37)(H,35,36)/b33-15-/t25-/m0/s1. The van der Waals surface area contributed by atoms with Crippen LogP contribution in [-0.4, -0.2) is 41.3 Å². The van der Waals surface area contributed by atoms with Gasteiger partial charge in [0.05, 0.1) is 19.7 Å². The molecule has 4 rings (SSSR count). The van der Waals surface area contributed by atoms with Crippen LogP contribution >= 0.6 is 11.6 Å². The van der Waals surface area contributed by atoms with Crippen LogP contribution in [0, 0.1) is 0 Å². The fourth-order valence-electron chi connectivity index (χ4n) is 3.61. The number of nitrogens with one attached hydrogen (secondary N) is 3. The van der Waals surface area contributed by atoms with Crippen molar-refractivity contribution in [3.05, 3.63) is 113 Å². The van der Waals surface area contributed by atoms with E-state index in [1.165, 1.54) is 19.7 Å². The minimum absolute atomic E-state index is 0.0739. The molecule has 3 aromatic carbocycles. The van der Waals surface area contributed by atoms with Crippen LogP contribution in [0.4, 0.5) is 4.79 Å². The van der Waals surface area contributed by atoms with Gasteiger partial charge >= 0.3 is 6.09 Å². The molecule has 0 spiro atoms. The molecule has 0 radical (unpaired) electrons. The number of aromatic amines is 1. The molecule has 0 saturated carbocycles. The summed E-state index contributed by atoms with van der Waals surface area (Å²) >= 11 is 5.93. The molecule has 2 amide bonds. The van der Waals surface area contributed by atoms with E-state index >= 15 is 0 Å². The molecule has 1 aromatic heterocycles. The topological polar surface area (TPSA) is 127 Å². The van der Waals surface area contributed by atoms with Crippen molar-refractivity contribution in [3.63, 3.8) is 0 Å². The summed E-state index contributed by atoms with van der Waals surface area (Å²) in [6, 6.07) is 20.9. The second-order valence-electron chi connectivity index (χ2n) is 8.60. The number of ether oxygens (including phenoxy) is 3. The number of H-pyrrole nitrogens is 1. The minimum Gasteiger partial charge on any atom is -0.493 e. The van der Waals surface area contributed by atoms with Gasteiger partial charge in [-0.3, -0.25) is 4.79 Å². The highest BCUT2D eigenvalue weighted by Gasteiger charge is 2.22. The molecule has 1 heterocycles. The maximum absolute atomic E-state index is 12.9.